The fourth-order valence-electron chi connectivity index (χ4n) is 6.64. The number of benzene rings is 4. The number of phenols is 7. The molecule has 272 valence electrons. The van der Waals surface area contributed by atoms with Crippen molar-refractivity contribution in [2.45, 2.75) is 48.8 Å². The second-order valence-electron chi connectivity index (χ2n) is 12.5. The number of fused-ring (bicyclic) bond motifs is 2. The third kappa shape index (κ3) is 5.82. The maximum absolute atomic E-state index is 12.0. The molecular formula is C36H33O16+. The zero-order chi connectivity index (χ0) is 37.2. The molecule has 4 aromatic carbocycles. The Bertz CT molecular complexity index is 2150. The van der Waals surface area contributed by atoms with Crippen molar-refractivity contribution in [3.63, 3.8) is 0 Å². The molecule has 5 aromatic rings. The lowest BCUT2D eigenvalue weighted by atomic mass is 9.78. The van der Waals surface area contributed by atoms with Gasteiger partial charge in [-0.25, -0.2) is 4.42 Å². The maximum Gasteiger partial charge on any atom is 0.406 e. The first-order chi connectivity index (χ1) is 24.8. The van der Waals surface area contributed by atoms with Gasteiger partial charge in [-0.05, 0) is 29.8 Å². The van der Waals surface area contributed by atoms with E-state index in [9.17, 15) is 61.3 Å². The second kappa shape index (κ2) is 13.1. The van der Waals surface area contributed by atoms with Crippen LogP contribution in [0.2, 0.25) is 0 Å². The van der Waals surface area contributed by atoms with Crippen LogP contribution in [-0.2, 0) is 4.74 Å². The summed E-state index contributed by atoms with van der Waals surface area (Å²) in [5.74, 6) is -5.35. The van der Waals surface area contributed by atoms with Crippen molar-refractivity contribution < 1.29 is 79.9 Å². The Labute approximate surface area is 292 Å². The van der Waals surface area contributed by atoms with Crippen molar-refractivity contribution in [3.05, 3.63) is 83.4 Å². The summed E-state index contributed by atoms with van der Waals surface area (Å²) >= 11 is 0. The van der Waals surface area contributed by atoms with E-state index in [0.29, 0.717) is 5.56 Å². The molecule has 52 heavy (non-hydrogen) atoms. The lowest BCUT2D eigenvalue weighted by Gasteiger charge is -2.39. The normalized spacial score (nSPS) is 25.7. The van der Waals surface area contributed by atoms with E-state index >= 15 is 0 Å². The van der Waals surface area contributed by atoms with Crippen molar-refractivity contribution >= 4 is 11.0 Å². The topological polar surface area (TPSA) is 282 Å². The molecule has 2 aliphatic heterocycles. The fraction of sp³-hybridized carbons (Fsp3) is 0.250. The highest BCUT2D eigenvalue weighted by Gasteiger charge is 2.48. The molecule has 16 heteroatoms. The summed E-state index contributed by atoms with van der Waals surface area (Å²) in [7, 11) is 0. The number of rotatable bonds is 6. The summed E-state index contributed by atoms with van der Waals surface area (Å²) in [6, 6.07) is 13.3. The Balaban J connectivity index is 1.47. The number of aliphatic hydroxyl groups is 5. The number of phenolic OH excluding ortho intramolecular Hbond substituents is 7. The summed E-state index contributed by atoms with van der Waals surface area (Å²) in [6.07, 6.45) is -11.4. The van der Waals surface area contributed by atoms with Crippen LogP contribution in [0.4, 0.5) is 0 Å². The quantitative estimate of drug-likeness (QED) is 0.112. The zero-order valence-electron chi connectivity index (χ0n) is 26.7. The molecule has 8 atom stereocenters. The van der Waals surface area contributed by atoms with E-state index in [4.69, 9.17) is 18.6 Å². The smallest absolute Gasteiger partial charge is 0.406 e. The van der Waals surface area contributed by atoms with Crippen LogP contribution in [-0.4, -0.2) is 105 Å². The Morgan fingerprint density at radius 2 is 1.31 bits per heavy atom. The van der Waals surface area contributed by atoms with E-state index in [1.54, 1.807) is 0 Å². The minimum Gasteiger partial charge on any atom is -0.508 e. The third-order valence-corrected chi connectivity index (χ3v) is 9.19. The van der Waals surface area contributed by atoms with Crippen molar-refractivity contribution in [2.24, 2.45) is 0 Å². The lowest BCUT2D eigenvalue weighted by Crippen LogP contribution is -2.60. The highest BCUT2D eigenvalue weighted by molar-refractivity contribution is 5.93. The van der Waals surface area contributed by atoms with Crippen molar-refractivity contribution in [2.75, 3.05) is 6.61 Å². The van der Waals surface area contributed by atoms with E-state index in [0.717, 1.165) is 18.2 Å². The van der Waals surface area contributed by atoms with Gasteiger partial charge in [-0.15, -0.1) is 0 Å². The molecule has 0 radical (unpaired) electrons. The van der Waals surface area contributed by atoms with Gasteiger partial charge in [-0.1, -0.05) is 12.1 Å². The van der Waals surface area contributed by atoms with Crippen LogP contribution < -0.4 is 9.47 Å². The minimum absolute atomic E-state index is 0.0750. The van der Waals surface area contributed by atoms with E-state index in [1.165, 1.54) is 48.5 Å². The second-order valence-corrected chi connectivity index (χ2v) is 12.5. The zero-order valence-corrected chi connectivity index (χ0v) is 26.7. The largest absolute Gasteiger partial charge is 0.508 e. The Kier molecular flexibility index (Phi) is 8.74. The number of aliphatic hydroxyl groups excluding tert-OH is 5. The first-order valence-corrected chi connectivity index (χ1v) is 15.8. The number of aromatic hydroxyl groups is 7. The highest BCUT2D eigenvalue weighted by Crippen LogP contribution is 2.55. The molecule has 2 aliphatic rings. The van der Waals surface area contributed by atoms with Gasteiger partial charge in [0.1, 0.15) is 93.0 Å². The molecule has 1 saturated heterocycles. The molecule has 0 spiro atoms. The first-order valence-electron chi connectivity index (χ1n) is 15.8. The van der Waals surface area contributed by atoms with Crippen LogP contribution in [0, 0.1) is 0 Å². The number of hydrogen-bond donors (Lipinski definition) is 12. The van der Waals surface area contributed by atoms with Gasteiger partial charge in [0.25, 0.3) is 0 Å². The average molecular weight is 722 g/mol. The monoisotopic (exact) mass is 721 g/mol. The molecule has 0 saturated carbocycles. The van der Waals surface area contributed by atoms with Gasteiger partial charge in [0, 0.05) is 35.9 Å². The first kappa shape index (κ1) is 34.7. The van der Waals surface area contributed by atoms with Gasteiger partial charge in [0.15, 0.2) is 6.10 Å². The van der Waals surface area contributed by atoms with Gasteiger partial charge in [0.05, 0.1) is 12.5 Å². The van der Waals surface area contributed by atoms with Crippen LogP contribution in [0.5, 0.6) is 51.7 Å². The molecule has 16 nitrogen and oxygen atoms in total. The van der Waals surface area contributed by atoms with Crippen LogP contribution in [0.15, 0.2) is 71.1 Å². The molecular weight excluding hydrogens is 688 g/mol. The minimum atomic E-state index is -1.89. The third-order valence-electron chi connectivity index (χ3n) is 9.19. The van der Waals surface area contributed by atoms with E-state index in [-0.39, 0.29) is 62.2 Å². The Morgan fingerprint density at radius 1 is 0.635 bits per heavy atom. The van der Waals surface area contributed by atoms with Crippen molar-refractivity contribution in [1.29, 1.82) is 0 Å². The molecule has 3 heterocycles. The summed E-state index contributed by atoms with van der Waals surface area (Å²) in [4.78, 5) is 0. The summed E-state index contributed by atoms with van der Waals surface area (Å²) in [5, 5.41) is 128. The molecule has 3 unspecified atom stereocenters. The SMILES string of the molecule is OC[C@H]1O[C@@H](Oc2cc3c(O)cc(O)c(C4c5c(O)cc(O)cc5OC(c5ccc(O)cc5)C4O)c3[o+]c2-c2ccc(O)cc2O)[C@H](O)[C@@H](O)[C@@H]1O. The van der Waals surface area contributed by atoms with Crippen molar-refractivity contribution in [1.82, 2.24) is 0 Å². The van der Waals surface area contributed by atoms with E-state index < -0.39 is 78.4 Å². The van der Waals surface area contributed by atoms with Crippen molar-refractivity contribution in [3.8, 4) is 63.1 Å². The predicted octanol–water partition coefficient (Wildman–Crippen LogP) is 2.13. The van der Waals surface area contributed by atoms with Crippen LogP contribution in [0.1, 0.15) is 28.7 Å². The standard InChI is InChI=1S/C36H32O16/c37-12-25-29(45)31(47)32(48)36(51-25)50-24-10-18-20(42)11-22(44)27(35(18)52-34(24)17-6-5-15(39)7-19(17)41)28-26-21(43)8-16(40)9-23(26)49-33(30(28)46)13-1-3-14(38)4-2-13/h1-11,25,28-33,36-37,45-48H,12H2,(H6-,38,39,40,41,42,43,44)/p+1/t25-,28?,29-,30?,31+,32-,33?,36-/m1/s1. The maximum atomic E-state index is 12.0. The summed E-state index contributed by atoms with van der Waals surface area (Å²) < 4.78 is 23.8. The Morgan fingerprint density at radius 3 is 2.00 bits per heavy atom. The average Bonchev–Trinajstić information content (AvgIpc) is 3.09. The van der Waals surface area contributed by atoms with Gasteiger partial charge in [-0.3, -0.25) is 0 Å². The number of ether oxygens (including phenoxy) is 3. The highest BCUT2D eigenvalue weighted by atomic mass is 16.7. The fourth-order valence-corrected chi connectivity index (χ4v) is 6.64. The van der Waals surface area contributed by atoms with Gasteiger partial charge >= 0.3 is 11.3 Å². The van der Waals surface area contributed by atoms with Gasteiger partial charge in [-0.2, -0.15) is 0 Å². The predicted molar refractivity (Wildman–Crippen MR) is 176 cm³/mol. The van der Waals surface area contributed by atoms with Gasteiger partial charge < -0.3 is 75.5 Å². The number of hydrogen-bond acceptors (Lipinski definition) is 15. The molecule has 0 aliphatic carbocycles. The molecule has 7 rings (SSSR count). The Hall–Kier alpha value is -5.75. The molecule has 12 N–H and O–H groups in total. The van der Waals surface area contributed by atoms with Crippen LogP contribution >= 0.6 is 0 Å². The van der Waals surface area contributed by atoms with E-state index in [2.05, 4.69) is 0 Å². The molecule has 1 fully saturated rings. The lowest BCUT2D eigenvalue weighted by molar-refractivity contribution is -0.277. The molecule has 1 aromatic heterocycles. The molecule has 0 amide bonds. The van der Waals surface area contributed by atoms with E-state index in [1.807, 2.05) is 0 Å². The molecule has 0 bridgehead atoms. The van der Waals surface area contributed by atoms with Gasteiger partial charge in [0.2, 0.25) is 12.0 Å². The van der Waals surface area contributed by atoms with Crippen LogP contribution in [0.3, 0.4) is 0 Å². The summed E-state index contributed by atoms with van der Waals surface area (Å²) in [5.41, 5.74) is -0.416. The summed E-state index contributed by atoms with van der Waals surface area (Å²) in [6.45, 7) is -0.771. The van der Waals surface area contributed by atoms with Crippen LogP contribution in [0.25, 0.3) is 22.3 Å².